The fraction of sp³-hybridized carbons (Fsp3) is 0.353. The highest BCUT2D eigenvalue weighted by atomic mass is 15.3. The summed E-state index contributed by atoms with van der Waals surface area (Å²) in [4.78, 5) is 3.62. The van der Waals surface area contributed by atoms with E-state index in [1.54, 1.807) is 0 Å². The van der Waals surface area contributed by atoms with Crippen molar-refractivity contribution in [1.29, 1.82) is 0 Å². The summed E-state index contributed by atoms with van der Waals surface area (Å²) < 4.78 is 1.87. The summed E-state index contributed by atoms with van der Waals surface area (Å²) >= 11 is 0. The Balaban J connectivity index is 1.74. The fourth-order valence-electron chi connectivity index (χ4n) is 3.49. The van der Waals surface area contributed by atoms with Gasteiger partial charge in [0.1, 0.15) is 0 Å². The first kappa shape index (κ1) is 12.5. The summed E-state index contributed by atoms with van der Waals surface area (Å²) in [5, 5.41) is 9.47. The monoisotopic (exact) mass is 280 g/mol. The molecular formula is C17H20N4. The quantitative estimate of drug-likeness (QED) is 0.752. The van der Waals surface area contributed by atoms with E-state index in [4.69, 9.17) is 0 Å². The molecule has 1 unspecified atom stereocenters. The average molecular weight is 280 g/mol. The molecule has 0 spiro atoms. The number of para-hydroxylation sites is 1. The molecule has 21 heavy (non-hydrogen) atoms. The van der Waals surface area contributed by atoms with Crippen LogP contribution in [0.1, 0.15) is 35.8 Å². The van der Waals surface area contributed by atoms with Gasteiger partial charge in [-0.15, -0.1) is 0 Å². The SMILES string of the molecule is Cc1nn(C)cc1NC1CCCc2c1[nH]c1ccccc21. The molecule has 1 atom stereocenters. The van der Waals surface area contributed by atoms with E-state index in [1.807, 2.05) is 11.7 Å². The number of aromatic nitrogens is 3. The molecule has 0 aliphatic heterocycles. The summed E-state index contributed by atoms with van der Waals surface area (Å²) in [6.45, 7) is 2.05. The molecule has 108 valence electrons. The molecule has 4 nitrogen and oxygen atoms in total. The number of nitrogens with zero attached hydrogens (tertiary/aromatic N) is 2. The van der Waals surface area contributed by atoms with Gasteiger partial charge in [-0.2, -0.15) is 5.10 Å². The number of fused-ring (bicyclic) bond motifs is 3. The molecule has 0 radical (unpaired) electrons. The van der Waals surface area contributed by atoms with E-state index in [2.05, 4.69) is 52.8 Å². The Morgan fingerprint density at radius 2 is 2.19 bits per heavy atom. The highest BCUT2D eigenvalue weighted by Crippen LogP contribution is 2.36. The first-order chi connectivity index (χ1) is 10.2. The van der Waals surface area contributed by atoms with Crippen molar-refractivity contribution in [1.82, 2.24) is 14.8 Å². The van der Waals surface area contributed by atoms with Crippen molar-refractivity contribution in [2.24, 2.45) is 7.05 Å². The van der Waals surface area contributed by atoms with Crippen LogP contribution in [0.2, 0.25) is 0 Å². The zero-order valence-electron chi connectivity index (χ0n) is 12.5. The van der Waals surface area contributed by atoms with Crippen LogP contribution in [0.3, 0.4) is 0 Å². The molecule has 2 N–H and O–H groups in total. The molecule has 2 heterocycles. The number of hydrogen-bond donors (Lipinski definition) is 2. The summed E-state index contributed by atoms with van der Waals surface area (Å²) in [5.74, 6) is 0. The number of aromatic amines is 1. The van der Waals surface area contributed by atoms with Gasteiger partial charge in [-0.25, -0.2) is 0 Å². The van der Waals surface area contributed by atoms with Gasteiger partial charge in [-0.1, -0.05) is 18.2 Å². The van der Waals surface area contributed by atoms with Crippen molar-refractivity contribution in [3.05, 3.63) is 47.4 Å². The van der Waals surface area contributed by atoms with Gasteiger partial charge in [-0.05, 0) is 37.8 Å². The van der Waals surface area contributed by atoms with Crippen LogP contribution >= 0.6 is 0 Å². The van der Waals surface area contributed by atoms with Crippen LogP contribution in [0.15, 0.2) is 30.5 Å². The number of anilines is 1. The number of aryl methyl sites for hydroxylation is 3. The van der Waals surface area contributed by atoms with E-state index in [0.717, 1.165) is 17.8 Å². The Morgan fingerprint density at radius 1 is 1.33 bits per heavy atom. The van der Waals surface area contributed by atoms with Crippen LogP contribution in [-0.4, -0.2) is 14.8 Å². The van der Waals surface area contributed by atoms with Crippen molar-refractivity contribution in [3.63, 3.8) is 0 Å². The van der Waals surface area contributed by atoms with Gasteiger partial charge in [0.2, 0.25) is 0 Å². The van der Waals surface area contributed by atoms with Gasteiger partial charge >= 0.3 is 0 Å². The number of benzene rings is 1. The topological polar surface area (TPSA) is 45.6 Å². The van der Waals surface area contributed by atoms with Gasteiger partial charge < -0.3 is 10.3 Å². The van der Waals surface area contributed by atoms with Crippen LogP contribution in [0.4, 0.5) is 5.69 Å². The second kappa shape index (κ2) is 4.65. The zero-order valence-corrected chi connectivity index (χ0v) is 12.5. The van der Waals surface area contributed by atoms with Crippen LogP contribution in [-0.2, 0) is 13.5 Å². The van der Waals surface area contributed by atoms with E-state index in [9.17, 15) is 0 Å². The molecule has 0 bridgehead atoms. The van der Waals surface area contributed by atoms with Gasteiger partial charge in [0.05, 0.1) is 17.4 Å². The molecule has 1 aromatic carbocycles. The summed E-state index contributed by atoms with van der Waals surface area (Å²) in [6, 6.07) is 8.96. The lowest BCUT2D eigenvalue weighted by Crippen LogP contribution is -2.17. The van der Waals surface area contributed by atoms with Crippen molar-refractivity contribution >= 4 is 16.6 Å². The normalized spacial score (nSPS) is 17.9. The van der Waals surface area contributed by atoms with Crippen LogP contribution in [0.5, 0.6) is 0 Å². The third kappa shape index (κ3) is 2.02. The van der Waals surface area contributed by atoms with Crippen LogP contribution in [0, 0.1) is 6.92 Å². The summed E-state index contributed by atoms with van der Waals surface area (Å²) in [7, 11) is 1.97. The largest absolute Gasteiger partial charge is 0.374 e. The van der Waals surface area contributed by atoms with E-state index in [-0.39, 0.29) is 0 Å². The molecule has 1 aliphatic carbocycles. The maximum atomic E-state index is 4.42. The van der Waals surface area contributed by atoms with Crippen molar-refractivity contribution in [2.45, 2.75) is 32.2 Å². The van der Waals surface area contributed by atoms with Crippen molar-refractivity contribution < 1.29 is 0 Å². The fourth-order valence-corrected chi connectivity index (χ4v) is 3.49. The van der Waals surface area contributed by atoms with Gasteiger partial charge in [-0.3, -0.25) is 4.68 Å². The lowest BCUT2D eigenvalue weighted by molar-refractivity contribution is 0.592. The molecular weight excluding hydrogens is 260 g/mol. The third-order valence-electron chi connectivity index (χ3n) is 4.46. The minimum atomic E-state index is 0.351. The molecule has 2 aromatic heterocycles. The molecule has 3 aromatic rings. The highest BCUT2D eigenvalue weighted by molar-refractivity contribution is 5.85. The molecule has 1 aliphatic rings. The number of rotatable bonds is 2. The van der Waals surface area contributed by atoms with E-state index in [1.165, 1.54) is 35.0 Å². The lowest BCUT2D eigenvalue weighted by Gasteiger charge is -2.24. The lowest BCUT2D eigenvalue weighted by atomic mass is 9.91. The maximum absolute atomic E-state index is 4.42. The Morgan fingerprint density at radius 3 is 3.00 bits per heavy atom. The maximum Gasteiger partial charge on any atom is 0.0825 e. The van der Waals surface area contributed by atoms with Gasteiger partial charge in [0, 0.05) is 29.8 Å². The smallest absolute Gasteiger partial charge is 0.0825 e. The molecule has 0 saturated carbocycles. The number of nitrogens with one attached hydrogen (secondary N) is 2. The highest BCUT2D eigenvalue weighted by Gasteiger charge is 2.24. The van der Waals surface area contributed by atoms with Gasteiger partial charge in [0.15, 0.2) is 0 Å². The Bertz CT molecular complexity index is 796. The Labute approximate surface area is 124 Å². The first-order valence-corrected chi connectivity index (χ1v) is 7.58. The van der Waals surface area contributed by atoms with Crippen LogP contribution < -0.4 is 5.32 Å². The van der Waals surface area contributed by atoms with Gasteiger partial charge in [0.25, 0.3) is 0 Å². The third-order valence-corrected chi connectivity index (χ3v) is 4.46. The molecule has 0 fully saturated rings. The van der Waals surface area contributed by atoms with Crippen LogP contribution in [0.25, 0.3) is 10.9 Å². The first-order valence-electron chi connectivity index (χ1n) is 7.58. The van der Waals surface area contributed by atoms with E-state index < -0.39 is 0 Å². The standard InChI is InChI=1S/C17H20N4/c1-11-16(10-21(2)20-11)18-15-9-5-7-13-12-6-3-4-8-14(12)19-17(13)15/h3-4,6,8,10,15,18-19H,5,7,9H2,1-2H3. The molecule has 4 heteroatoms. The second-order valence-electron chi connectivity index (χ2n) is 5.95. The van der Waals surface area contributed by atoms with E-state index >= 15 is 0 Å². The second-order valence-corrected chi connectivity index (χ2v) is 5.95. The Hall–Kier alpha value is -2.23. The minimum Gasteiger partial charge on any atom is -0.374 e. The van der Waals surface area contributed by atoms with Crippen molar-refractivity contribution in [2.75, 3.05) is 5.32 Å². The number of H-pyrrole nitrogens is 1. The minimum absolute atomic E-state index is 0.351. The van der Waals surface area contributed by atoms with Crippen molar-refractivity contribution in [3.8, 4) is 0 Å². The predicted octanol–water partition coefficient (Wildman–Crippen LogP) is 3.70. The number of hydrogen-bond acceptors (Lipinski definition) is 2. The summed E-state index contributed by atoms with van der Waals surface area (Å²) in [6.07, 6.45) is 5.62. The molecule has 0 saturated heterocycles. The molecule has 0 amide bonds. The summed E-state index contributed by atoms with van der Waals surface area (Å²) in [5.41, 5.74) is 6.27. The van der Waals surface area contributed by atoms with E-state index in [0.29, 0.717) is 6.04 Å². The predicted molar refractivity (Wildman–Crippen MR) is 85.5 cm³/mol. The molecule has 4 rings (SSSR count). The Kier molecular flexibility index (Phi) is 2.77. The average Bonchev–Trinajstić information content (AvgIpc) is 3.00. The zero-order chi connectivity index (χ0) is 14.4.